The number of nitrogens with one attached hydrogen (secondary N) is 1. The minimum atomic E-state index is -3.58. The highest BCUT2D eigenvalue weighted by molar-refractivity contribution is 7.90. The van der Waals surface area contributed by atoms with E-state index in [0.29, 0.717) is 12.8 Å². The first kappa shape index (κ1) is 14.4. The van der Waals surface area contributed by atoms with Gasteiger partial charge in [0, 0.05) is 12.6 Å². The molecule has 0 aliphatic rings. The van der Waals surface area contributed by atoms with E-state index in [2.05, 4.69) is 4.72 Å². The van der Waals surface area contributed by atoms with Gasteiger partial charge in [-0.2, -0.15) is 5.26 Å². The Morgan fingerprint density at radius 3 is 2.33 bits per heavy atom. The van der Waals surface area contributed by atoms with Gasteiger partial charge in [-0.25, -0.2) is 13.1 Å². The van der Waals surface area contributed by atoms with Gasteiger partial charge in [-0.15, -0.1) is 0 Å². The highest BCUT2D eigenvalue weighted by Gasteiger charge is 2.25. The number of rotatable bonds is 7. The maximum atomic E-state index is 11.6. The van der Waals surface area contributed by atoms with Gasteiger partial charge in [0.2, 0.25) is 10.0 Å². The zero-order valence-corrected chi connectivity index (χ0v) is 9.92. The maximum absolute atomic E-state index is 11.6. The topological polar surface area (TPSA) is 90.2 Å². The molecule has 15 heavy (non-hydrogen) atoms. The van der Waals surface area contributed by atoms with Gasteiger partial charge in [-0.1, -0.05) is 13.8 Å². The molecule has 0 fully saturated rings. The van der Waals surface area contributed by atoms with Crippen molar-refractivity contribution in [2.45, 2.75) is 44.4 Å². The molecule has 88 valence electrons. The summed E-state index contributed by atoms with van der Waals surface area (Å²) in [5, 5.41) is 16.4. The lowest BCUT2D eigenvalue weighted by atomic mass is 10.2. The highest BCUT2D eigenvalue weighted by atomic mass is 32.2. The molecule has 2 atom stereocenters. The first-order valence-corrected chi connectivity index (χ1v) is 6.58. The Bertz CT molecular complexity index is 308. The SMILES string of the molecule is CCC(CCO)NS(=O)(=O)C(C#N)CC. The average Bonchev–Trinajstić information content (AvgIpc) is 2.18. The summed E-state index contributed by atoms with van der Waals surface area (Å²) in [5.41, 5.74) is 0. The van der Waals surface area contributed by atoms with Crippen LogP contribution >= 0.6 is 0 Å². The Kier molecular flexibility index (Phi) is 6.48. The molecule has 0 aliphatic heterocycles. The van der Waals surface area contributed by atoms with Crippen molar-refractivity contribution >= 4 is 10.0 Å². The molecule has 6 heteroatoms. The molecular weight excluding hydrogens is 216 g/mol. The minimum Gasteiger partial charge on any atom is -0.396 e. The molecule has 0 saturated carbocycles. The van der Waals surface area contributed by atoms with Crippen LogP contribution in [0, 0.1) is 11.3 Å². The summed E-state index contributed by atoms with van der Waals surface area (Å²) in [4.78, 5) is 0. The lowest BCUT2D eigenvalue weighted by molar-refractivity contribution is 0.270. The van der Waals surface area contributed by atoms with Gasteiger partial charge >= 0.3 is 0 Å². The zero-order chi connectivity index (χ0) is 11.9. The Morgan fingerprint density at radius 2 is 2.00 bits per heavy atom. The van der Waals surface area contributed by atoms with Gasteiger partial charge < -0.3 is 5.11 Å². The zero-order valence-electron chi connectivity index (χ0n) is 9.10. The molecule has 0 spiro atoms. The van der Waals surface area contributed by atoms with Crippen molar-refractivity contribution < 1.29 is 13.5 Å². The van der Waals surface area contributed by atoms with Crippen LogP contribution < -0.4 is 4.72 Å². The van der Waals surface area contributed by atoms with Crippen LogP contribution in [0.3, 0.4) is 0 Å². The van der Waals surface area contributed by atoms with Crippen molar-refractivity contribution in [3.8, 4) is 6.07 Å². The van der Waals surface area contributed by atoms with Crippen LogP contribution in [0.1, 0.15) is 33.1 Å². The number of hydrogen-bond donors (Lipinski definition) is 2. The Morgan fingerprint density at radius 1 is 1.40 bits per heavy atom. The van der Waals surface area contributed by atoms with Crippen molar-refractivity contribution in [3.05, 3.63) is 0 Å². The summed E-state index contributed by atoms with van der Waals surface area (Å²) in [7, 11) is -3.58. The van der Waals surface area contributed by atoms with E-state index < -0.39 is 15.3 Å². The van der Waals surface area contributed by atoms with Crippen molar-refractivity contribution in [2.75, 3.05) is 6.61 Å². The minimum absolute atomic E-state index is 0.0651. The molecule has 0 radical (unpaired) electrons. The van der Waals surface area contributed by atoms with Crippen molar-refractivity contribution in [2.24, 2.45) is 0 Å². The van der Waals surface area contributed by atoms with E-state index in [-0.39, 0.29) is 19.1 Å². The van der Waals surface area contributed by atoms with E-state index >= 15 is 0 Å². The number of aliphatic hydroxyl groups excluding tert-OH is 1. The van der Waals surface area contributed by atoms with Gasteiger partial charge in [-0.3, -0.25) is 0 Å². The lowest BCUT2D eigenvalue weighted by Gasteiger charge is -2.17. The molecule has 0 aliphatic carbocycles. The molecule has 0 rings (SSSR count). The molecule has 2 N–H and O–H groups in total. The average molecular weight is 234 g/mol. The molecule has 0 amide bonds. The first-order chi connectivity index (χ1) is 7.01. The van der Waals surface area contributed by atoms with Crippen LogP contribution in [0.4, 0.5) is 0 Å². The van der Waals surface area contributed by atoms with E-state index in [1.807, 2.05) is 6.92 Å². The summed E-state index contributed by atoms with van der Waals surface area (Å²) >= 11 is 0. The second-order valence-electron chi connectivity index (χ2n) is 3.31. The molecule has 0 aromatic heterocycles. The number of sulfonamides is 1. The fourth-order valence-electron chi connectivity index (χ4n) is 1.20. The normalized spacial score (nSPS) is 15.6. The van der Waals surface area contributed by atoms with Crippen molar-refractivity contribution in [1.82, 2.24) is 4.72 Å². The molecular formula is C9H18N2O3S. The van der Waals surface area contributed by atoms with E-state index in [1.165, 1.54) is 0 Å². The van der Waals surface area contributed by atoms with Gasteiger partial charge in [0.05, 0.1) is 6.07 Å². The quantitative estimate of drug-likeness (QED) is 0.666. The van der Waals surface area contributed by atoms with Crippen LogP contribution in [0.15, 0.2) is 0 Å². The van der Waals surface area contributed by atoms with Crippen LogP contribution in [-0.4, -0.2) is 31.4 Å². The van der Waals surface area contributed by atoms with Crippen molar-refractivity contribution in [3.63, 3.8) is 0 Å². The number of nitrogens with zero attached hydrogens (tertiary/aromatic N) is 1. The third kappa shape index (κ3) is 4.60. The fraction of sp³-hybridized carbons (Fsp3) is 0.889. The van der Waals surface area contributed by atoms with E-state index in [1.54, 1.807) is 13.0 Å². The Labute approximate surface area is 91.2 Å². The van der Waals surface area contributed by atoms with E-state index in [0.717, 1.165) is 0 Å². The number of aliphatic hydroxyl groups is 1. The molecule has 5 nitrogen and oxygen atoms in total. The molecule has 0 heterocycles. The second-order valence-corrected chi connectivity index (χ2v) is 5.20. The molecule has 0 saturated heterocycles. The molecule has 0 aromatic rings. The van der Waals surface area contributed by atoms with Gasteiger partial charge in [-0.05, 0) is 19.3 Å². The smallest absolute Gasteiger partial charge is 0.228 e. The predicted molar refractivity (Wildman–Crippen MR) is 57.5 cm³/mol. The van der Waals surface area contributed by atoms with E-state index in [9.17, 15) is 8.42 Å². The monoisotopic (exact) mass is 234 g/mol. The van der Waals surface area contributed by atoms with Crippen LogP contribution in [0.5, 0.6) is 0 Å². The van der Waals surface area contributed by atoms with Crippen LogP contribution in [-0.2, 0) is 10.0 Å². The van der Waals surface area contributed by atoms with Crippen LogP contribution in [0.2, 0.25) is 0 Å². The summed E-state index contributed by atoms with van der Waals surface area (Å²) in [5.74, 6) is 0. The predicted octanol–water partition coefficient (Wildman–Crippen LogP) is 0.369. The van der Waals surface area contributed by atoms with Gasteiger partial charge in [0.25, 0.3) is 0 Å². The summed E-state index contributed by atoms with van der Waals surface area (Å²) < 4.78 is 25.7. The summed E-state index contributed by atoms with van der Waals surface area (Å²) in [6.07, 6.45) is 1.24. The Hall–Kier alpha value is -0.640. The first-order valence-electron chi connectivity index (χ1n) is 5.03. The third-order valence-electron chi connectivity index (χ3n) is 2.19. The van der Waals surface area contributed by atoms with Gasteiger partial charge in [0.1, 0.15) is 0 Å². The maximum Gasteiger partial charge on any atom is 0.228 e. The summed E-state index contributed by atoms with van der Waals surface area (Å²) in [6, 6.07) is 1.46. The highest BCUT2D eigenvalue weighted by Crippen LogP contribution is 2.06. The largest absolute Gasteiger partial charge is 0.396 e. The Balaban J connectivity index is 4.55. The van der Waals surface area contributed by atoms with Gasteiger partial charge in [0.15, 0.2) is 5.25 Å². The molecule has 0 bridgehead atoms. The standard InChI is InChI=1S/C9H18N2O3S/c1-3-8(5-6-12)11-15(13,14)9(4-2)7-10/h8-9,11-12H,3-6H2,1-2H3. The van der Waals surface area contributed by atoms with Crippen molar-refractivity contribution in [1.29, 1.82) is 5.26 Å². The fourth-order valence-corrected chi connectivity index (χ4v) is 2.69. The summed E-state index contributed by atoms with van der Waals surface area (Å²) in [6.45, 7) is 3.42. The third-order valence-corrected chi connectivity index (χ3v) is 4.04. The molecule has 2 unspecified atom stereocenters. The lowest BCUT2D eigenvalue weighted by Crippen LogP contribution is -2.40. The number of hydrogen-bond acceptors (Lipinski definition) is 4. The number of nitriles is 1. The molecule has 0 aromatic carbocycles. The second kappa shape index (κ2) is 6.77. The van der Waals surface area contributed by atoms with Crippen LogP contribution in [0.25, 0.3) is 0 Å². The van der Waals surface area contributed by atoms with E-state index in [4.69, 9.17) is 10.4 Å².